The smallest absolute Gasteiger partial charge is 0.410 e. The van der Waals surface area contributed by atoms with Gasteiger partial charge in [0.05, 0.1) is 10.7 Å². The number of benzene rings is 1. The Morgan fingerprint density at radius 2 is 1.79 bits per heavy atom. The van der Waals surface area contributed by atoms with Crippen LogP contribution in [0, 0.1) is 0 Å². The average Bonchev–Trinajstić information content (AvgIpc) is 2.89. The highest BCUT2D eigenvalue weighted by molar-refractivity contribution is 6.38. The van der Waals surface area contributed by atoms with Gasteiger partial charge in [-0.05, 0) is 39.0 Å². The third-order valence-corrected chi connectivity index (χ3v) is 4.65. The van der Waals surface area contributed by atoms with Crippen LogP contribution in [0.5, 0.6) is 0 Å². The maximum absolute atomic E-state index is 12.2. The minimum atomic E-state index is -0.462. The van der Waals surface area contributed by atoms with Crippen LogP contribution in [0.25, 0.3) is 10.9 Å². The van der Waals surface area contributed by atoms with Crippen LogP contribution in [-0.2, 0) is 11.8 Å². The molecule has 24 heavy (non-hydrogen) atoms. The highest BCUT2D eigenvalue weighted by Crippen LogP contribution is 2.34. The number of ether oxygens (including phenoxy) is 1. The molecule has 0 N–H and O–H groups in total. The molecule has 0 unspecified atom stereocenters. The van der Waals surface area contributed by atoms with Gasteiger partial charge in [-0.1, -0.05) is 11.6 Å². The lowest BCUT2D eigenvalue weighted by Crippen LogP contribution is -2.50. The van der Waals surface area contributed by atoms with Gasteiger partial charge in [-0.3, -0.25) is 0 Å². The van der Waals surface area contributed by atoms with E-state index in [-0.39, 0.29) is 6.09 Å². The number of hydrogen-bond donors (Lipinski definition) is 0. The number of aromatic nitrogens is 1. The summed E-state index contributed by atoms with van der Waals surface area (Å²) in [5, 5.41) is 1.84. The van der Waals surface area contributed by atoms with Gasteiger partial charge in [-0.25, -0.2) is 4.79 Å². The average molecular weight is 350 g/mol. The lowest BCUT2D eigenvalue weighted by atomic mass is 10.2. The SMILES string of the molecule is Cn1ccc2c(Cl)c(N3CCN(C(=O)OC(C)(C)C)CC3)ccc21. The van der Waals surface area contributed by atoms with Crippen molar-refractivity contribution in [2.75, 3.05) is 31.1 Å². The first-order valence-electron chi connectivity index (χ1n) is 8.23. The zero-order chi connectivity index (χ0) is 17.5. The van der Waals surface area contributed by atoms with Crippen molar-refractivity contribution in [3.8, 4) is 0 Å². The van der Waals surface area contributed by atoms with E-state index in [1.54, 1.807) is 4.90 Å². The second-order valence-electron chi connectivity index (χ2n) is 7.21. The minimum absolute atomic E-state index is 0.244. The number of carbonyl (C=O) groups excluding carboxylic acids is 1. The van der Waals surface area contributed by atoms with E-state index >= 15 is 0 Å². The Bertz CT molecular complexity index is 755. The number of rotatable bonds is 1. The maximum atomic E-state index is 12.2. The first kappa shape index (κ1) is 17.0. The third-order valence-electron chi connectivity index (χ3n) is 4.25. The number of amides is 1. The van der Waals surface area contributed by atoms with Crippen LogP contribution in [0.3, 0.4) is 0 Å². The van der Waals surface area contributed by atoms with Crippen molar-refractivity contribution in [1.82, 2.24) is 9.47 Å². The first-order chi connectivity index (χ1) is 11.3. The molecule has 5 nitrogen and oxygen atoms in total. The van der Waals surface area contributed by atoms with Crippen molar-refractivity contribution < 1.29 is 9.53 Å². The Kier molecular flexibility index (Phi) is 4.38. The number of aryl methyl sites for hydroxylation is 1. The normalized spacial score (nSPS) is 15.9. The fraction of sp³-hybridized carbons (Fsp3) is 0.500. The molecule has 0 saturated carbocycles. The summed E-state index contributed by atoms with van der Waals surface area (Å²) >= 11 is 6.61. The number of halogens is 1. The van der Waals surface area contributed by atoms with E-state index in [0.29, 0.717) is 13.1 Å². The largest absolute Gasteiger partial charge is 0.444 e. The molecule has 6 heteroatoms. The molecule has 1 aromatic heterocycles. The Morgan fingerprint density at radius 1 is 1.12 bits per heavy atom. The van der Waals surface area contributed by atoms with Crippen molar-refractivity contribution in [2.45, 2.75) is 26.4 Å². The topological polar surface area (TPSA) is 37.7 Å². The summed E-state index contributed by atoms with van der Waals surface area (Å²) in [6, 6.07) is 6.20. The molecule has 1 aliphatic rings. The van der Waals surface area contributed by atoms with Gasteiger partial charge in [0.25, 0.3) is 0 Å². The maximum Gasteiger partial charge on any atom is 0.410 e. The Balaban J connectivity index is 1.71. The second kappa shape index (κ2) is 6.20. The summed E-state index contributed by atoms with van der Waals surface area (Å²) in [5.74, 6) is 0. The molecule has 1 aromatic carbocycles. The van der Waals surface area contributed by atoms with Crippen LogP contribution in [0.4, 0.5) is 10.5 Å². The monoisotopic (exact) mass is 349 g/mol. The zero-order valence-electron chi connectivity index (χ0n) is 14.7. The number of nitrogens with zero attached hydrogens (tertiary/aromatic N) is 3. The molecule has 2 heterocycles. The van der Waals surface area contributed by atoms with E-state index in [9.17, 15) is 4.79 Å². The predicted octanol–water partition coefficient (Wildman–Crippen LogP) is 3.89. The number of fused-ring (bicyclic) bond motifs is 1. The standard InChI is InChI=1S/C18H24ClN3O2/c1-18(2,3)24-17(23)22-11-9-21(10-12-22)15-6-5-14-13(16(15)19)7-8-20(14)4/h5-8H,9-12H2,1-4H3. The molecule has 1 saturated heterocycles. The van der Waals surface area contributed by atoms with Gasteiger partial charge in [0.15, 0.2) is 0 Å². The molecule has 0 spiro atoms. The highest BCUT2D eigenvalue weighted by Gasteiger charge is 2.26. The summed E-state index contributed by atoms with van der Waals surface area (Å²) in [5.41, 5.74) is 1.69. The van der Waals surface area contributed by atoms with E-state index in [1.807, 2.05) is 40.1 Å². The van der Waals surface area contributed by atoms with Gasteiger partial charge in [-0.2, -0.15) is 0 Å². The van der Waals surface area contributed by atoms with Gasteiger partial charge in [0, 0.05) is 50.3 Å². The zero-order valence-corrected chi connectivity index (χ0v) is 15.4. The molecule has 1 amide bonds. The minimum Gasteiger partial charge on any atom is -0.444 e. The second-order valence-corrected chi connectivity index (χ2v) is 7.59. The molecule has 3 rings (SSSR count). The van der Waals surface area contributed by atoms with Gasteiger partial charge >= 0.3 is 6.09 Å². The molecular formula is C18H24ClN3O2. The third kappa shape index (κ3) is 3.31. The van der Waals surface area contributed by atoms with Crippen LogP contribution in [0.1, 0.15) is 20.8 Å². The Hall–Kier alpha value is -1.88. The lowest BCUT2D eigenvalue weighted by Gasteiger charge is -2.37. The predicted molar refractivity (Wildman–Crippen MR) is 97.9 cm³/mol. The molecule has 0 aliphatic carbocycles. The van der Waals surface area contributed by atoms with E-state index in [1.165, 1.54) is 0 Å². The van der Waals surface area contributed by atoms with Gasteiger partial charge < -0.3 is 19.1 Å². The fourth-order valence-corrected chi connectivity index (χ4v) is 3.35. The van der Waals surface area contributed by atoms with E-state index in [0.717, 1.165) is 34.7 Å². The summed E-state index contributed by atoms with van der Waals surface area (Å²) in [7, 11) is 2.01. The van der Waals surface area contributed by atoms with Crippen LogP contribution >= 0.6 is 11.6 Å². The van der Waals surface area contributed by atoms with Crippen molar-refractivity contribution in [1.29, 1.82) is 0 Å². The van der Waals surface area contributed by atoms with Crippen molar-refractivity contribution >= 4 is 34.3 Å². The number of carbonyl (C=O) groups is 1. The van der Waals surface area contributed by atoms with Crippen molar-refractivity contribution in [2.24, 2.45) is 7.05 Å². The lowest BCUT2D eigenvalue weighted by molar-refractivity contribution is 0.0240. The van der Waals surface area contributed by atoms with Crippen molar-refractivity contribution in [3.63, 3.8) is 0 Å². The number of anilines is 1. The molecule has 0 radical (unpaired) electrons. The summed E-state index contributed by atoms with van der Waals surface area (Å²) < 4.78 is 7.50. The molecule has 130 valence electrons. The van der Waals surface area contributed by atoms with Crippen LogP contribution in [0.2, 0.25) is 5.02 Å². The number of hydrogen-bond acceptors (Lipinski definition) is 3. The Labute approximate surface area is 147 Å². The fourth-order valence-electron chi connectivity index (χ4n) is 3.00. The van der Waals surface area contributed by atoms with Crippen LogP contribution in [0.15, 0.2) is 24.4 Å². The molecule has 0 bridgehead atoms. The van der Waals surface area contributed by atoms with E-state index in [4.69, 9.17) is 16.3 Å². The molecule has 1 aliphatic heterocycles. The molecule has 1 fully saturated rings. The van der Waals surface area contributed by atoms with Crippen molar-refractivity contribution in [3.05, 3.63) is 29.4 Å². The first-order valence-corrected chi connectivity index (χ1v) is 8.60. The molecule has 2 aromatic rings. The summed E-state index contributed by atoms with van der Waals surface area (Å²) in [4.78, 5) is 16.2. The van der Waals surface area contributed by atoms with Crippen LogP contribution < -0.4 is 4.90 Å². The van der Waals surface area contributed by atoms with Gasteiger partial charge in [0.2, 0.25) is 0 Å². The van der Waals surface area contributed by atoms with Gasteiger partial charge in [-0.15, -0.1) is 0 Å². The van der Waals surface area contributed by atoms with E-state index in [2.05, 4.69) is 21.6 Å². The number of piperazine rings is 1. The van der Waals surface area contributed by atoms with Gasteiger partial charge in [0.1, 0.15) is 5.60 Å². The molecular weight excluding hydrogens is 326 g/mol. The Morgan fingerprint density at radius 3 is 2.42 bits per heavy atom. The quantitative estimate of drug-likeness (QED) is 0.784. The van der Waals surface area contributed by atoms with E-state index < -0.39 is 5.60 Å². The molecule has 0 atom stereocenters. The summed E-state index contributed by atoms with van der Waals surface area (Å²) in [6.07, 6.45) is 1.77. The summed E-state index contributed by atoms with van der Waals surface area (Å²) in [6.45, 7) is 8.42. The highest BCUT2D eigenvalue weighted by atomic mass is 35.5. The van der Waals surface area contributed by atoms with Crippen LogP contribution in [-0.4, -0.2) is 47.3 Å².